The smallest absolute Gasteiger partial charge is 0.245 e. The summed E-state index contributed by atoms with van der Waals surface area (Å²) in [5, 5.41) is 0. The first-order valence-electron chi connectivity index (χ1n) is 8.06. The highest BCUT2D eigenvalue weighted by molar-refractivity contribution is 7.89. The number of rotatable bonds is 6. The number of carbonyl (C=O) groups excluding carboxylic acids is 1. The average molecular weight is 376 g/mol. The normalized spacial score (nSPS) is 17.4. The summed E-state index contributed by atoms with van der Waals surface area (Å²) in [4.78, 5) is 14.3. The van der Waals surface area contributed by atoms with Crippen LogP contribution in [0.2, 0.25) is 0 Å². The summed E-state index contributed by atoms with van der Waals surface area (Å²) in [6, 6.07) is 12.3. The van der Waals surface area contributed by atoms with Crippen molar-refractivity contribution in [2.24, 2.45) is 0 Å². The number of anilines is 1. The molecule has 1 heterocycles. The number of carbonyl (C=O) groups is 1. The minimum atomic E-state index is -3.79. The molecule has 7 nitrogen and oxygen atoms in total. The average Bonchev–Trinajstić information content (AvgIpc) is 3.01. The number of sulfonamides is 1. The molecule has 0 unspecified atom stereocenters. The van der Waals surface area contributed by atoms with Gasteiger partial charge in [-0.1, -0.05) is 0 Å². The van der Waals surface area contributed by atoms with Gasteiger partial charge < -0.3 is 14.4 Å². The van der Waals surface area contributed by atoms with Crippen LogP contribution in [-0.2, 0) is 14.8 Å². The van der Waals surface area contributed by atoms with Gasteiger partial charge >= 0.3 is 0 Å². The van der Waals surface area contributed by atoms with Gasteiger partial charge in [-0.3, -0.25) is 4.79 Å². The van der Waals surface area contributed by atoms with Crippen molar-refractivity contribution in [3.8, 4) is 11.5 Å². The van der Waals surface area contributed by atoms with Crippen LogP contribution in [0.1, 0.15) is 6.42 Å². The molecule has 3 rings (SSSR count). The van der Waals surface area contributed by atoms with Gasteiger partial charge in [-0.05, 0) is 55.0 Å². The third kappa shape index (κ3) is 3.66. The minimum absolute atomic E-state index is 0.0917. The van der Waals surface area contributed by atoms with E-state index in [9.17, 15) is 13.2 Å². The van der Waals surface area contributed by atoms with Crippen molar-refractivity contribution in [1.29, 1.82) is 0 Å². The predicted octanol–water partition coefficient (Wildman–Crippen LogP) is 1.79. The fourth-order valence-electron chi connectivity index (χ4n) is 2.82. The van der Waals surface area contributed by atoms with Crippen molar-refractivity contribution in [1.82, 2.24) is 4.72 Å². The number of benzene rings is 2. The fourth-order valence-corrected chi connectivity index (χ4v) is 4.04. The lowest BCUT2D eigenvalue weighted by atomic mass is 10.2. The molecule has 1 saturated heterocycles. The van der Waals surface area contributed by atoms with Gasteiger partial charge in [-0.25, -0.2) is 8.42 Å². The van der Waals surface area contributed by atoms with Gasteiger partial charge in [-0.15, -0.1) is 0 Å². The molecule has 0 saturated carbocycles. The Bertz CT molecular complexity index is 879. The van der Waals surface area contributed by atoms with E-state index < -0.39 is 16.1 Å². The van der Waals surface area contributed by atoms with E-state index in [1.807, 2.05) is 0 Å². The largest absolute Gasteiger partial charge is 0.497 e. The lowest BCUT2D eigenvalue weighted by Crippen LogP contribution is -2.41. The van der Waals surface area contributed by atoms with Crippen LogP contribution in [0.3, 0.4) is 0 Å². The van der Waals surface area contributed by atoms with E-state index in [-0.39, 0.29) is 10.8 Å². The van der Waals surface area contributed by atoms with Crippen molar-refractivity contribution < 1.29 is 22.7 Å². The summed E-state index contributed by atoms with van der Waals surface area (Å²) in [6.45, 7) is 0.445. The molecule has 2 aromatic carbocycles. The zero-order chi connectivity index (χ0) is 18.7. The Labute approximate surface area is 152 Å². The summed E-state index contributed by atoms with van der Waals surface area (Å²) in [7, 11) is -0.715. The van der Waals surface area contributed by atoms with Crippen molar-refractivity contribution >= 4 is 21.6 Å². The summed E-state index contributed by atoms with van der Waals surface area (Å²) in [6.07, 6.45) is 0.403. The maximum Gasteiger partial charge on any atom is 0.245 e. The third-order valence-electron chi connectivity index (χ3n) is 4.26. The summed E-state index contributed by atoms with van der Waals surface area (Å²) in [5.41, 5.74) is 0.710. The molecule has 8 heteroatoms. The second-order valence-electron chi connectivity index (χ2n) is 5.83. The number of nitrogens with zero attached hydrogens (tertiary/aromatic N) is 1. The van der Waals surface area contributed by atoms with Gasteiger partial charge in [0.2, 0.25) is 15.9 Å². The maximum atomic E-state index is 12.6. The number of methoxy groups -OCH3 is 2. The molecule has 1 amide bonds. The fraction of sp³-hybridized carbons (Fsp3) is 0.278. The van der Waals surface area contributed by atoms with Crippen molar-refractivity contribution in [2.75, 3.05) is 25.7 Å². The SMILES string of the molecule is COc1ccc(N2CC[C@@H](NS(=O)(=O)c3ccc(OC)cc3)C2=O)cc1. The number of nitrogens with one attached hydrogen (secondary N) is 1. The third-order valence-corrected chi connectivity index (χ3v) is 5.74. The second-order valence-corrected chi connectivity index (χ2v) is 7.54. The van der Waals surface area contributed by atoms with E-state index in [1.165, 1.54) is 19.2 Å². The van der Waals surface area contributed by atoms with Gasteiger partial charge in [0.05, 0.1) is 19.1 Å². The highest BCUT2D eigenvalue weighted by atomic mass is 32.2. The number of hydrogen-bond donors (Lipinski definition) is 1. The Kier molecular flexibility index (Phi) is 5.15. The maximum absolute atomic E-state index is 12.6. The van der Waals surface area contributed by atoms with Crippen LogP contribution in [0, 0.1) is 0 Å². The molecule has 2 aromatic rings. The Balaban J connectivity index is 1.72. The van der Waals surface area contributed by atoms with Crippen LogP contribution in [0.25, 0.3) is 0 Å². The Morgan fingerprint density at radius 1 is 0.962 bits per heavy atom. The van der Waals surface area contributed by atoms with Crippen molar-refractivity contribution in [3.63, 3.8) is 0 Å². The molecular formula is C18H20N2O5S. The molecule has 26 heavy (non-hydrogen) atoms. The lowest BCUT2D eigenvalue weighted by Gasteiger charge is -2.17. The zero-order valence-corrected chi connectivity index (χ0v) is 15.3. The van der Waals surface area contributed by atoms with Crippen LogP contribution in [-0.4, -0.2) is 41.1 Å². The van der Waals surface area contributed by atoms with Crippen molar-refractivity contribution in [3.05, 3.63) is 48.5 Å². The van der Waals surface area contributed by atoms with Crippen LogP contribution in [0.15, 0.2) is 53.4 Å². The molecule has 0 bridgehead atoms. The van der Waals surface area contributed by atoms with E-state index in [0.717, 1.165) is 0 Å². The van der Waals surface area contributed by atoms with Crippen LogP contribution in [0.5, 0.6) is 11.5 Å². The monoisotopic (exact) mass is 376 g/mol. The molecular weight excluding hydrogens is 356 g/mol. The van der Waals surface area contributed by atoms with Gasteiger partial charge in [0.1, 0.15) is 17.5 Å². The second kappa shape index (κ2) is 7.35. The molecule has 0 spiro atoms. The van der Waals surface area contributed by atoms with Gasteiger partial charge in [0.15, 0.2) is 0 Å². The first-order valence-corrected chi connectivity index (χ1v) is 9.55. The minimum Gasteiger partial charge on any atom is -0.497 e. The van der Waals surface area contributed by atoms with E-state index in [4.69, 9.17) is 9.47 Å². The quantitative estimate of drug-likeness (QED) is 0.831. The van der Waals surface area contributed by atoms with E-state index in [2.05, 4.69) is 4.72 Å². The lowest BCUT2D eigenvalue weighted by molar-refractivity contribution is -0.118. The summed E-state index contributed by atoms with van der Waals surface area (Å²) >= 11 is 0. The first kappa shape index (κ1) is 18.2. The zero-order valence-electron chi connectivity index (χ0n) is 14.5. The van der Waals surface area contributed by atoms with E-state index in [1.54, 1.807) is 48.4 Å². The summed E-state index contributed by atoms with van der Waals surface area (Å²) in [5.74, 6) is 0.982. The van der Waals surface area contributed by atoms with Crippen LogP contribution < -0.4 is 19.1 Å². The standard InChI is InChI=1S/C18H20N2O5S/c1-24-14-5-3-13(4-6-14)20-12-11-17(18(20)21)19-26(22,23)16-9-7-15(25-2)8-10-16/h3-10,17,19H,11-12H2,1-2H3/t17-/m1/s1. The van der Waals surface area contributed by atoms with E-state index in [0.29, 0.717) is 30.2 Å². The van der Waals surface area contributed by atoms with Gasteiger partial charge in [-0.2, -0.15) is 4.72 Å². The molecule has 0 aliphatic carbocycles. The molecule has 138 valence electrons. The van der Waals surface area contributed by atoms with Gasteiger partial charge in [0, 0.05) is 12.2 Å². The van der Waals surface area contributed by atoms with Crippen LogP contribution >= 0.6 is 0 Å². The molecule has 1 aliphatic rings. The van der Waals surface area contributed by atoms with Gasteiger partial charge in [0.25, 0.3) is 0 Å². The highest BCUT2D eigenvalue weighted by Crippen LogP contribution is 2.25. The molecule has 1 N–H and O–H groups in total. The molecule has 0 aromatic heterocycles. The number of ether oxygens (including phenoxy) is 2. The molecule has 0 radical (unpaired) electrons. The topological polar surface area (TPSA) is 84.9 Å². The van der Waals surface area contributed by atoms with Crippen LogP contribution in [0.4, 0.5) is 5.69 Å². The molecule has 1 aliphatic heterocycles. The molecule has 1 fully saturated rings. The Morgan fingerprint density at radius 2 is 1.50 bits per heavy atom. The summed E-state index contributed by atoms with van der Waals surface area (Å²) < 4.78 is 37.7. The van der Waals surface area contributed by atoms with Crippen molar-refractivity contribution in [2.45, 2.75) is 17.4 Å². The number of hydrogen-bond acceptors (Lipinski definition) is 5. The van der Waals surface area contributed by atoms with E-state index >= 15 is 0 Å². The Morgan fingerprint density at radius 3 is 2.04 bits per heavy atom. The highest BCUT2D eigenvalue weighted by Gasteiger charge is 2.35. The molecule has 1 atom stereocenters. The Hall–Kier alpha value is -2.58. The first-order chi connectivity index (χ1) is 12.4. The number of amides is 1. The predicted molar refractivity (Wildman–Crippen MR) is 97.1 cm³/mol.